The molecule has 0 amide bonds. The standard InChI is InChI=1S/C7H10BNO/c1-10-7-4-2-6(9-8)3-5-7/h2-5,9H,8H2,1H3. The minimum Gasteiger partial charge on any atom is -0.497 e. The van der Waals surface area contributed by atoms with Crippen molar-refractivity contribution >= 4 is 13.7 Å². The lowest BCUT2D eigenvalue weighted by Crippen LogP contribution is -1.89. The summed E-state index contributed by atoms with van der Waals surface area (Å²) in [5.74, 6) is 0.888. The van der Waals surface area contributed by atoms with Gasteiger partial charge < -0.3 is 9.96 Å². The monoisotopic (exact) mass is 135 g/mol. The summed E-state index contributed by atoms with van der Waals surface area (Å²) in [5, 5.41) is 3.02. The number of rotatable bonds is 2. The molecule has 1 aromatic carbocycles. The van der Waals surface area contributed by atoms with E-state index >= 15 is 0 Å². The van der Waals surface area contributed by atoms with Crippen LogP contribution >= 0.6 is 0 Å². The van der Waals surface area contributed by atoms with Gasteiger partial charge in [0.25, 0.3) is 0 Å². The maximum absolute atomic E-state index is 4.99. The highest BCUT2D eigenvalue weighted by atomic mass is 16.5. The molecule has 0 aliphatic heterocycles. The van der Waals surface area contributed by atoms with Gasteiger partial charge in [0, 0.05) is 5.69 Å². The van der Waals surface area contributed by atoms with Crippen LogP contribution in [0.15, 0.2) is 24.3 Å². The van der Waals surface area contributed by atoms with Crippen LogP contribution in [0.3, 0.4) is 0 Å². The molecule has 0 aliphatic carbocycles. The maximum Gasteiger partial charge on any atom is 0.213 e. The SMILES string of the molecule is BNc1ccc(OC)cc1. The van der Waals surface area contributed by atoms with E-state index in [2.05, 4.69) is 5.23 Å². The molecule has 1 aromatic rings. The van der Waals surface area contributed by atoms with E-state index in [4.69, 9.17) is 4.74 Å². The van der Waals surface area contributed by atoms with E-state index < -0.39 is 0 Å². The largest absolute Gasteiger partial charge is 0.497 e. The van der Waals surface area contributed by atoms with Gasteiger partial charge in [-0.15, -0.1) is 0 Å². The molecule has 2 nitrogen and oxygen atoms in total. The van der Waals surface area contributed by atoms with Crippen molar-refractivity contribution in [3.63, 3.8) is 0 Å². The molecule has 3 heteroatoms. The molecule has 0 fully saturated rings. The second-order valence-corrected chi connectivity index (χ2v) is 1.98. The first-order chi connectivity index (χ1) is 4.86. The number of methoxy groups -OCH3 is 1. The Bertz CT molecular complexity index is 174. The highest BCUT2D eigenvalue weighted by Crippen LogP contribution is 2.13. The summed E-state index contributed by atoms with van der Waals surface area (Å²) in [5.41, 5.74) is 1.10. The first-order valence-electron chi connectivity index (χ1n) is 3.18. The number of hydrogen-bond donors (Lipinski definition) is 1. The Balaban J connectivity index is 2.80. The fraction of sp³-hybridized carbons (Fsp3) is 0.143. The van der Waals surface area contributed by atoms with Gasteiger partial charge in [-0.05, 0) is 24.3 Å². The molecule has 10 heavy (non-hydrogen) atoms. The van der Waals surface area contributed by atoms with E-state index in [1.807, 2.05) is 32.2 Å². The first-order valence-corrected chi connectivity index (χ1v) is 3.18. The van der Waals surface area contributed by atoms with Crippen molar-refractivity contribution in [1.82, 2.24) is 0 Å². The normalized spacial score (nSPS) is 8.90. The van der Waals surface area contributed by atoms with Crippen LogP contribution in [-0.2, 0) is 0 Å². The van der Waals surface area contributed by atoms with Crippen LogP contribution < -0.4 is 9.96 Å². The third-order valence-corrected chi connectivity index (χ3v) is 1.38. The lowest BCUT2D eigenvalue weighted by Gasteiger charge is -2.01. The van der Waals surface area contributed by atoms with Crippen molar-refractivity contribution in [2.24, 2.45) is 0 Å². The molecular formula is C7H10BNO. The van der Waals surface area contributed by atoms with E-state index in [9.17, 15) is 0 Å². The molecule has 1 rings (SSSR count). The summed E-state index contributed by atoms with van der Waals surface area (Å²) in [6.45, 7) is 0. The van der Waals surface area contributed by atoms with Gasteiger partial charge in [-0.1, -0.05) is 0 Å². The second-order valence-electron chi connectivity index (χ2n) is 1.98. The molecule has 0 atom stereocenters. The number of ether oxygens (including phenoxy) is 1. The van der Waals surface area contributed by atoms with Crippen LogP contribution in [0.1, 0.15) is 0 Å². The van der Waals surface area contributed by atoms with E-state index in [1.165, 1.54) is 0 Å². The van der Waals surface area contributed by atoms with Crippen LogP contribution in [0.25, 0.3) is 0 Å². The quantitative estimate of drug-likeness (QED) is 0.601. The molecule has 52 valence electrons. The lowest BCUT2D eigenvalue weighted by atomic mass is 10.2. The predicted octanol–water partition coefficient (Wildman–Crippen LogP) is 0.655. The van der Waals surface area contributed by atoms with Gasteiger partial charge in [-0.2, -0.15) is 0 Å². The topological polar surface area (TPSA) is 21.3 Å². The van der Waals surface area contributed by atoms with Crippen LogP contribution in [0.4, 0.5) is 5.69 Å². The zero-order chi connectivity index (χ0) is 7.40. The predicted molar refractivity (Wildman–Crippen MR) is 45.2 cm³/mol. The summed E-state index contributed by atoms with van der Waals surface area (Å²) < 4.78 is 4.99. The van der Waals surface area contributed by atoms with Crippen molar-refractivity contribution in [2.45, 2.75) is 0 Å². The van der Waals surface area contributed by atoms with Gasteiger partial charge in [0.2, 0.25) is 7.98 Å². The molecule has 0 heterocycles. The average Bonchev–Trinajstić information content (AvgIpc) is 2.05. The summed E-state index contributed by atoms with van der Waals surface area (Å²) >= 11 is 0. The summed E-state index contributed by atoms with van der Waals surface area (Å²) in [6.07, 6.45) is 0. The van der Waals surface area contributed by atoms with Gasteiger partial charge in [0.1, 0.15) is 5.75 Å². The summed E-state index contributed by atoms with van der Waals surface area (Å²) in [4.78, 5) is 0. The maximum atomic E-state index is 4.99. The third kappa shape index (κ3) is 1.44. The van der Waals surface area contributed by atoms with Crippen molar-refractivity contribution in [1.29, 1.82) is 0 Å². The fourth-order valence-electron chi connectivity index (χ4n) is 0.758. The van der Waals surface area contributed by atoms with E-state index in [0.717, 1.165) is 11.4 Å². The highest BCUT2D eigenvalue weighted by Gasteiger charge is 1.88. The molecule has 0 bridgehead atoms. The Morgan fingerprint density at radius 1 is 1.30 bits per heavy atom. The van der Waals surface area contributed by atoms with E-state index in [0.29, 0.717) is 0 Å². The minimum absolute atomic E-state index is 0.888. The van der Waals surface area contributed by atoms with Crippen LogP contribution in [0, 0.1) is 0 Å². The zero-order valence-corrected chi connectivity index (χ0v) is 6.22. The minimum atomic E-state index is 0.888. The van der Waals surface area contributed by atoms with E-state index in [1.54, 1.807) is 7.11 Å². The Labute approximate surface area is 61.6 Å². The molecule has 0 aromatic heterocycles. The average molecular weight is 135 g/mol. The Kier molecular flexibility index (Phi) is 2.21. The fourth-order valence-corrected chi connectivity index (χ4v) is 0.758. The molecule has 0 unspecified atom stereocenters. The van der Waals surface area contributed by atoms with Crippen molar-refractivity contribution in [3.8, 4) is 5.75 Å². The van der Waals surface area contributed by atoms with Crippen LogP contribution in [0.5, 0.6) is 5.75 Å². The molecule has 1 N–H and O–H groups in total. The van der Waals surface area contributed by atoms with Crippen LogP contribution in [0.2, 0.25) is 0 Å². The molecule has 0 saturated heterocycles. The Hall–Kier alpha value is -1.12. The second kappa shape index (κ2) is 3.15. The molecule has 0 saturated carbocycles. The number of nitrogens with one attached hydrogen (secondary N) is 1. The molecular weight excluding hydrogens is 125 g/mol. The van der Waals surface area contributed by atoms with Crippen LogP contribution in [-0.4, -0.2) is 15.1 Å². The Morgan fingerprint density at radius 3 is 2.30 bits per heavy atom. The van der Waals surface area contributed by atoms with Crippen molar-refractivity contribution < 1.29 is 4.74 Å². The highest BCUT2D eigenvalue weighted by molar-refractivity contribution is 6.15. The molecule has 0 spiro atoms. The number of anilines is 1. The Morgan fingerprint density at radius 2 is 1.90 bits per heavy atom. The summed E-state index contributed by atoms with van der Waals surface area (Å²) in [7, 11) is 3.55. The summed E-state index contributed by atoms with van der Waals surface area (Å²) in [6, 6.07) is 7.79. The van der Waals surface area contributed by atoms with Gasteiger partial charge in [-0.25, -0.2) is 0 Å². The molecule has 0 radical (unpaired) electrons. The number of hydrogen-bond acceptors (Lipinski definition) is 2. The van der Waals surface area contributed by atoms with Gasteiger partial charge >= 0.3 is 0 Å². The molecule has 0 aliphatic rings. The number of benzene rings is 1. The first kappa shape index (κ1) is 7.00. The van der Waals surface area contributed by atoms with Gasteiger partial charge in [0.15, 0.2) is 0 Å². The third-order valence-electron chi connectivity index (χ3n) is 1.38. The van der Waals surface area contributed by atoms with Gasteiger partial charge in [-0.3, -0.25) is 0 Å². The lowest BCUT2D eigenvalue weighted by molar-refractivity contribution is 0.415. The van der Waals surface area contributed by atoms with Crippen molar-refractivity contribution in [2.75, 3.05) is 12.3 Å². The van der Waals surface area contributed by atoms with Crippen molar-refractivity contribution in [3.05, 3.63) is 24.3 Å². The zero-order valence-electron chi connectivity index (χ0n) is 6.22. The van der Waals surface area contributed by atoms with Gasteiger partial charge in [0.05, 0.1) is 7.11 Å². The van der Waals surface area contributed by atoms with E-state index in [-0.39, 0.29) is 0 Å². The smallest absolute Gasteiger partial charge is 0.213 e.